The van der Waals surface area contributed by atoms with Crippen LogP contribution in [0.2, 0.25) is 0 Å². The summed E-state index contributed by atoms with van der Waals surface area (Å²) in [5.74, 6) is 0.723. The zero-order valence-electron chi connectivity index (χ0n) is 24.7. The van der Waals surface area contributed by atoms with E-state index in [2.05, 4.69) is 0 Å². The predicted molar refractivity (Wildman–Crippen MR) is 150 cm³/mol. The van der Waals surface area contributed by atoms with Gasteiger partial charge in [-0.05, 0) is 55.2 Å². The summed E-state index contributed by atoms with van der Waals surface area (Å²) in [6.45, 7) is 0.426. The molecule has 1 fully saturated rings. The third-order valence-corrected chi connectivity index (χ3v) is 7.08. The van der Waals surface area contributed by atoms with Gasteiger partial charge in [-0.25, -0.2) is 0 Å². The molecule has 0 saturated carbocycles. The zero-order chi connectivity index (χ0) is 31.8. The largest absolute Gasteiger partial charge is 0.493 e. The Hall–Kier alpha value is -3.08. The van der Waals surface area contributed by atoms with Crippen molar-refractivity contribution in [3.8, 4) is 34.5 Å². The number of aliphatic hydroxyl groups is 7. The fourth-order valence-corrected chi connectivity index (χ4v) is 4.61. The van der Waals surface area contributed by atoms with Gasteiger partial charge in [0.15, 0.2) is 29.1 Å². The van der Waals surface area contributed by atoms with Crippen LogP contribution in [0, 0.1) is 0 Å². The van der Waals surface area contributed by atoms with Crippen LogP contribution in [0.15, 0.2) is 24.3 Å². The van der Waals surface area contributed by atoms with Gasteiger partial charge in [0.25, 0.3) is 0 Å². The molecule has 1 aliphatic rings. The highest BCUT2D eigenvalue weighted by molar-refractivity contribution is 5.56. The molecule has 2 aromatic carbocycles. The van der Waals surface area contributed by atoms with E-state index in [0.29, 0.717) is 24.3 Å². The lowest BCUT2D eigenvalue weighted by molar-refractivity contribution is -0.277. The summed E-state index contributed by atoms with van der Waals surface area (Å²) < 4.78 is 39.1. The summed E-state index contributed by atoms with van der Waals surface area (Å²) >= 11 is 0. The third-order valence-electron chi connectivity index (χ3n) is 7.08. The molecule has 1 heterocycles. The predicted octanol–water partition coefficient (Wildman–Crippen LogP) is -0.314. The molecular weight excluding hydrogens is 572 g/mol. The fourth-order valence-electron chi connectivity index (χ4n) is 4.61. The first-order valence-electron chi connectivity index (χ1n) is 13.6. The summed E-state index contributed by atoms with van der Waals surface area (Å²) in [6.07, 6.45) is -9.75. The van der Waals surface area contributed by atoms with E-state index in [1.54, 1.807) is 19.1 Å². The molecule has 8 atom stereocenters. The number of hydrogen-bond acceptors (Lipinski definition) is 14. The highest BCUT2D eigenvalue weighted by Gasteiger charge is 2.45. The Kier molecular flexibility index (Phi) is 12.5. The Morgan fingerprint density at radius 2 is 1.30 bits per heavy atom. The normalized spacial score (nSPS) is 24.0. The van der Waals surface area contributed by atoms with Crippen molar-refractivity contribution in [1.29, 1.82) is 0 Å². The SMILES string of the molecule is COc1cc([C@@H](O)[C@H](CO)Oc2c(OC)cc(CCC(C)O)cc2OC)cc(OC)c1O[C@@H]1O[C@H](CO)[C@@H](O)[C@H](O)[C@H]1O. The average molecular weight is 615 g/mol. The van der Waals surface area contributed by atoms with Gasteiger partial charge in [0.05, 0.1) is 47.8 Å². The average Bonchev–Trinajstić information content (AvgIpc) is 3.02. The van der Waals surface area contributed by atoms with Gasteiger partial charge in [0.2, 0.25) is 17.8 Å². The summed E-state index contributed by atoms with van der Waals surface area (Å²) in [7, 11) is 5.52. The van der Waals surface area contributed by atoms with E-state index in [1.807, 2.05) is 0 Å². The molecule has 0 aliphatic carbocycles. The molecule has 0 spiro atoms. The van der Waals surface area contributed by atoms with Crippen molar-refractivity contribution < 1.29 is 68.9 Å². The van der Waals surface area contributed by atoms with Crippen LogP contribution in [0.5, 0.6) is 34.5 Å². The van der Waals surface area contributed by atoms with E-state index in [4.69, 9.17) is 33.2 Å². The van der Waals surface area contributed by atoms with Crippen molar-refractivity contribution in [2.45, 2.75) is 68.8 Å². The molecule has 14 nitrogen and oxygen atoms in total. The standard InChI is InChI=1S/C29H42O14/c1-14(32)6-7-15-8-17(37-2)27(18(9-15)38-3)41-21(12-30)23(33)16-10-19(39-4)28(20(11-16)40-5)43-29-26(36)25(35)24(34)22(13-31)42-29/h8-11,14,21-26,29-36H,6-7,12-13H2,1-5H3/t14?,21-,22+,23+,24+,25-,26+,29-/m0/s1. The van der Waals surface area contributed by atoms with Crippen molar-refractivity contribution >= 4 is 0 Å². The van der Waals surface area contributed by atoms with Crippen molar-refractivity contribution in [2.24, 2.45) is 0 Å². The monoisotopic (exact) mass is 614 g/mol. The lowest BCUT2D eigenvalue weighted by Gasteiger charge is -2.39. The molecule has 2 aromatic rings. The molecule has 3 rings (SSSR count). The van der Waals surface area contributed by atoms with E-state index in [1.165, 1.54) is 40.6 Å². The Morgan fingerprint density at radius 1 is 0.767 bits per heavy atom. The first-order chi connectivity index (χ1) is 20.5. The molecule has 242 valence electrons. The first-order valence-corrected chi connectivity index (χ1v) is 13.6. The number of hydrogen-bond donors (Lipinski definition) is 7. The minimum absolute atomic E-state index is 0.0275. The molecule has 0 bridgehead atoms. The maximum absolute atomic E-state index is 11.3. The molecule has 1 unspecified atom stereocenters. The second-order valence-corrected chi connectivity index (χ2v) is 10.1. The number of aryl methyl sites for hydroxylation is 1. The fraction of sp³-hybridized carbons (Fsp3) is 0.586. The number of aliphatic hydroxyl groups excluding tert-OH is 7. The molecule has 43 heavy (non-hydrogen) atoms. The highest BCUT2D eigenvalue weighted by atomic mass is 16.7. The van der Waals surface area contributed by atoms with Crippen LogP contribution in [0.1, 0.15) is 30.6 Å². The van der Waals surface area contributed by atoms with Crippen LogP contribution in [-0.4, -0.2) is 120 Å². The van der Waals surface area contributed by atoms with E-state index in [-0.39, 0.29) is 28.6 Å². The van der Waals surface area contributed by atoms with Gasteiger partial charge in [-0.3, -0.25) is 0 Å². The quantitative estimate of drug-likeness (QED) is 0.137. The highest BCUT2D eigenvalue weighted by Crippen LogP contribution is 2.44. The van der Waals surface area contributed by atoms with Crippen LogP contribution >= 0.6 is 0 Å². The minimum Gasteiger partial charge on any atom is -0.493 e. The van der Waals surface area contributed by atoms with Crippen molar-refractivity contribution in [3.63, 3.8) is 0 Å². The van der Waals surface area contributed by atoms with Gasteiger partial charge >= 0.3 is 0 Å². The number of ether oxygens (including phenoxy) is 7. The van der Waals surface area contributed by atoms with Gasteiger partial charge in [-0.15, -0.1) is 0 Å². The van der Waals surface area contributed by atoms with Crippen LogP contribution in [-0.2, 0) is 11.2 Å². The number of methoxy groups -OCH3 is 4. The summed E-state index contributed by atoms with van der Waals surface area (Å²) in [6, 6.07) is 6.23. The zero-order valence-corrected chi connectivity index (χ0v) is 24.7. The Labute approximate surface area is 249 Å². The topological polar surface area (TPSA) is 206 Å². The molecule has 7 N–H and O–H groups in total. The van der Waals surface area contributed by atoms with Gasteiger partial charge < -0.3 is 68.9 Å². The Morgan fingerprint density at radius 3 is 1.77 bits per heavy atom. The van der Waals surface area contributed by atoms with Gasteiger partial charge in [0, 0.05) is 0 Å². The molecule has 14 heteroatoms. The Bertz CT molecular complexity index is 1120. The lowest BCUT2D eigenvalue weighted by atomic mass is 9.99. The van der Waals surface area contributed by atoms with Crippen LogP contribution < -0.4 is 28.4 Å². The summed E-state index contributed by atoms with van der Waals surface area (Å²) in [4.78, 5) is 0. The first kappa shape index (κ1) is 34.4. The maximum atomic E-state index is 11.3. The molecule has 1 aliphatic heterocycles. The minimum atomic E-state index is -1.69. The smallest absolute Gasteiger partial charge is 0.229 e. The molecule has 0 amide bonds. The van der Waals surface area contributed by atoms with Gasteiger partial charge in [-0.1, -0.05) is 0 Å². The van der Waals surface area contributed by atoms with E-state index < -0.39 is 62.2 Å². The second kappa shape index (κ2) is 15.6. The van der Waals surface area contributed by atoms with Crippen LogP contribution in [0.25, 0.3) is 0 Å². The van der Waals surface area contributed by atoms with E-state index in [9.17, 15) is 35.7 Å². The second-order valence-electron chi connectivity index (χ2n) is 10.1. The van der Waals surface area contributed by atoms with Crippen molar-refractivity contribution in [2.75, 3.05) is 41.7 Å². The van der Waals surface area contributed by atoms with E-state index >= 15 is 0 Å². The summed E-state index contributed by atoms with van der Waals surface area (Å²) in [5.41, 5.74) is 1.02. The molecule has 0 radical (unpaired) electrons. The van der Waals surface area contributed by atoms with Crippen molar-refractivity contribution in [3.05, 3.63) is 35.4 Å². The van der Waals surface area contributed by atoms with Crippen molar-refractivity contribution in [1.82, 2.24) is 0 Å². The molecule has 1 saturated heterocycles. The summed E-state index contributed by atoms with van der Waals surface area (Å²) in [5, 5.41) is 71.2. The molecular formula is C29H42O14. The molecule has 0 aromatic heterocycles. The van der Waals surface area contributed by atoms with Crippen LogP contribution in [0.4, 0.5) is 0 Å². The van der Waals surface area contributed by atoms with E-state index in [0.717, 1.165) is 5.56 Å². The number of benzene rings is 2. The number of rotatable bonds is 15. The maximum Gasteiger partial charge on any atom is 0.229 e. The van der Waals surface area contributed by atoms with Gasteiger partial charge in [-0.2, -0.15) is 0 Å². The van der Waals surface area contributed by atoms with Gasteiger partial charge in [0.1, 0.15) is 30.5 Å². The lowest BCUT2D eigenvalue weighted by Crippen LogP contribution is -2.60. The Balaban J connectivity index is 1.91. The van der Waals surface area contributed by atoms with Crippen LogP contribution in [0.3, 0.4) is 0 Å². The third kappa shape index (κ3) is 7.91.